The minimum atomic E-state index is -0.448. The second-order valence-electron chi connectivity index (χ2n) is 5.48. The summed E-state index contributed by atoms with van der Waals surface area (Å²) < 4.78 is 21.3. The molecule has 108 valence electrons. The Morgan fingerprint density at radius 1 is 1.50 bits per heavy atom. The van der Waals surface area contributed by atoms with Crippen LogP contribution in [0.3, 0.4) is 0 Å². The SMILES string of the molecule is CC(Cl)c1nc2cc(Cl)c(F)cc2n1C1(C)CCOC1. The number of nitrogens with zero attached hydrogens (tertiary/aromatic N) is 2. The molecule has 0 N–H and O–H groups in total. The van der Waals surface area contributed by atoms with E-state index in [1.807, 2.05) is 11.5 Å². The van der Waals surface area contributed by atoms with Gasteiger partial charge in [-0.25, -0.2) is 9.37 Å². The number of hydrogen-bond acceptors (Lipinski definition) is 2. The van der Waals surface area contributed by atoms with Crippen LogP contribution in [0.4, 0.5) is 4.39 Å². The molecule has 1 saturated heterocycles. The third-order valence-electron chi connectivity index (χ3n) is 3.82. The van der Waals surface area contributed by atoms with Crippen LogP contribution >= 0.6 is 23.2 Å². The maximum Gasteiger partial charge on any atom is 0.144 e. The van der Waals surface area contributed by atoms with Crippen molar-refractivity contribution in [3.8, 4) is 0 Å². The molecular weight excluding hydrogens is 302 g/mol. The molecule has 20 heavy (non-hydrogen) atoms. The highest BCUT2D eigenvalue weighted by Crippen LogP contribution is 2.36. The normalized spacial score (nSPS) is 24.4. The largest absolute Gasteiger partial charge is 0.379 e. The Kier molecular flexibility index (Phi) is 3.43. The lowest BCUT2D eigenvalue weighted by Gasteiger charge is -2.28. The third-order valence-corrected chi connectivity index (χ3v) is 4.30. The van der Waals surface area contributed by atoms with Crippen molar-refractivity contribution in [2.45, 2.75) is 31.2 Å². The third kappa shape index (κ3) is 2.10. The molecule has 2 atom stereocenters. The summed E-state index contributed by atoms with van der Waals surface area (Å²) in [5.41, 5.74) is 1.11. The van der Waals surface area contributed by atoms with Crippen LogP contribution < -0.4 is 0 Å². The highest BCUT2D eigenvalue weighted by molar-refractivity contribution is 6.31. The van der Waals surface area contributed by atoms with Gasteiger partial charge in [0.2, 0.25) is 0 Å². The molecule has 1 aliphatic heterocycles. The number of hydrogen-bond donors (Lipinski definition) is 0. The van der Waals surface area contributed by atoms with Gasteiger partial charge >= 0.3 is 0 Å². The van der Waals surface area contributed by atoms with Gasteiger partial charge in [-0.3, -0.25) is 0 Å². The smallest absolute Gasteiger partial charge is 0.144 e. The molecule has 2 unspecified atom stereocenters. The summed E-state index contributed by atoms with van der Waals surface area (Å²) in [4.78, 5) is 4.53. The van der Waals surface area contributed by atoms with Gasteiger partial charge in [-0.15, -0.1) is 11.6 Å². The Hall–Kier alpha value is -0.840. The first-order chi connectivity index (χ1) is 9.42. The van der Waals surface area contributed by atoms with Crippen LogP contribution in [-0.4, -0.2) is 22.8 Å². The number of benzene rings is 1. The predicted molar refractivity (Wildman–Crippen MR) is 78.1 cm³/mol. The number of aromatic nitrogens is 2. The lowest BCUT2D eigenvalue weighted by Crippen LogP contribution is -2.32. The van der Waals surface area contributed by atoms with Crippen LogP contribution in [0.5, 0.6) is 0 Å². The molecule has 0 amide bonds. The molecule has 1 aromatic heterocycles. The quantitative estimate of drug-likeness (QED) is 0.774. The fraction of sp³-hybridized carbons (Fsp3) is 0.500. The lowest BCUT2D eigenvalue weighted by atomic mass is 10.0. The zero-order chi connectivity index (χ0) is 14.5. The zero-order valence-electron chi connectivity index (χ0n) is 11.3. The van der Waals surface area contributed by atoms with Crippen LogP contribution in [0.2, 0.25) is 5.02 Å². The summed E-state index contributed by atoms with van der Waals surface area (Å²) in [6.45, 7) is 5.19. The Labute approximate surface area is 126 Å². The van der Waals surface area contributed by atoms with E-state index in [2.05, 4.69) is 11.9 Å². The molecule has 0 bridgehead atoms. The van der Waals surface area contributed by atoms with Gasteiger partial charge in [0.15, 0.2) is 0 Å². The Morgan fingerprint density at radius 3 is 2.85 bits per heavy atom. The summed E-state index contributed by atoms with van der Waals surface area (Å²) >= 11 is 12.1. The second-order valence-corrected chi connectivity index (χ2v) is 6.54. The molecule has 1 aromatic carbocycles. The second kappa shape index (κ2) is 4.86. The summed E-state index contributed by atoms with van der Waals surface area (Å²) in [7, 11) is 0. The average Bonchev–Trinajstić information content (AvgIpc) is 2.95. The minimum absolute atomic E-state index is 0.0729. The maximum atomic E-state index is 13.8. The molecular formula is C14H15Cl2FN2O. The fourth-order valence-corrected chi connectivity index (χ4v) is 3.06. The van der Waals surface area contributed by atoms with Crippen molar-refractivity contribution < 1.29 is 9.13 Å². The van der Waals surface area contributed by atoms with Crippen molar-refractivity contribution in [3.05, 3.63) is 28.8 Å². The Balaban J connectivity index is 2.31. The molecule has 3 nitrogen and oxygen atoms in total. The van der Waals surface area contributed by atoms with E-state index >= 15 is 0 Å². The number of imidazole rings is 1. The summed E-state index contributed by atoms with van der Waals surface area (Å²) in [6.07, 6.45) is 0.847. The van der Waals surface area contributed by atoms with Crippen LogP contribution in [0.1, 0.15) is 31.5 Å². The van der Waals surface area contributed by atoms with E-state index in [0.29, 0.717) is 24.2 Å². The fourth-order valence-electron chi connectivity index (χ4n) is 2.76. The minimum Gasteiger partial charge on any atom is -0.379 e. The molecule has 0 aliphatic carbocycles. The topological polar surface area (TPSA) is 27.1 Å². The van der Waals surface area contributed by atoms with Gasteiger partial charge in [0.1, 0.15) is 11.6 Å². The van der Waals surface area contributed by atoms with Gasteiger partial charge in [0.05, 0.1) is 33.6 Å². The number of fused-ring (bicyclic) bond motifs is 1. The Bertz CT molecular complexity index is 663. The standard InChI is InChI=1S/C14H15Cl2FN2O/c1-8(15)13-18-11-5-9(16)10(17)6-12(11)19(13)14(2)3-4-20-7-14/h5-6,8H,3-4,7H2,1-2H3. The van der Waals surface area contributed by atoms with Crippen molar-refractivity contribution >= 4 is 34.2 Å². The van der Waals surface area contributed by atoms with E-state index < -0.39 is 5.82 Å². The van der Waals surface area contributed by atoms with E-state index in [0.717, 1.165) is 12.2 Å². The molecule has 1 fully saturated rings. The van der Waals surface area contributed by atoms with Crippen LogP contribution in [0, 0.1) is 5.82 Å². The van der Waals surface area contributed by atoms with Gasteiger partial charge in [0.25, 0.3) is 0 Å². The number of rotatable bonds is 2. The Morgan fingerprint density at radius 2 is 2.25 bits per heavy atom. The lowest BCUT2D eigenvalue weighted by molar-refractivity contribution is 0.162. The van der Waals surface area contributed by atoms with Crippen molar-refractivity contribution in [3.63, 3.8) is 0 Å². The van der Waals surface area contributed by atoms with Gasteiger partial charge in [-0.2, -0.15) is 0 Å². The van der Waals surface area contributed by atoms with E-state index in [9.17, 15) is 4.39 Å². The summed E-state index contributed by atoms with van der Waals surface area (Å²) in [6, 6.07) is 2.97. The van der Waals surface area contributed by atoms with Gasteiger partial charge in [-0.1, -0.05) is 11.6 Å². The van der Waals surface area contributed by atoms with Crippen LogP contribution in [0.15, 0.2) is 12.1 Å². The predicted octanol–water partition coefficient (Wildman–Crippen LogP) is 4.26. The molecule has 1 aliphatic rings. The molecule has 0 radical (unpaired) electrons. The molecule has 2 aromatic rings. The molecule has 0 spiro atoms. The summed E-state index contributed by atoms with van der Waals surface area (Å²) in [5.74, 6) is 0.271. The first-order valence-electron chi connectivity index (χ1n) is 6.52. The molecule has 6 heteroatoms. The van der Waals surface area contributed by atoms with Crippen molar-refractivity contribution in [1.82, 2.24) is 9.55 Å². The van der Waals surface area contributed by atoms with Gasteiger partial charge < -0.3 is 9.30 Å². The van der Waals surface area contributed by atoms with E-state index in [-0.39, 0.29) is 15.9 Å². The van der Waals surface area contributed by atoms with Crippen molar-refractivity contribution in [2.24, 2.45) is 0 Å². The van der Waals surface area contributed by atoms with Crippen molar-refractivity contribution in [2.75, 3.05) is 13.2 Å². The first kappa shape index (κ1) is 14.1. The average molecular weight is 317 g/mol. The van der Waals surface area contributed by atoms with E-state index in [1.54, 1.807) is 6.07 Å². The van der Waals surface area contributed by atoms with E-state index in [4.69, 9.17) is 27.9 Å². The van der Waals surface area contributed by atoms with Crippen LogP contribution in [0.25, 0.3) is 11.0 Å². The highest BCUT2D eigenvalue weighted by Gasteiger charge is 2.36. The number of halogens is 3. The molecule has 2 heterocycles. The maximum absolute atomic E-state index is 13.8. The monoisotopic (exact) mass is 316 g/mol. The number of ether oxygens (including phenoxy) is 1. The molecule has 0 saturated carbocycles. The van der Waals surface area contributed by atoms with Gasteiger partial charge in [-0.05, 0) is 26.3 Å². The van der Waals surface area contributed by atoms with E-state index in [1.165, 1.54) is 6.07 Å². The number of alkyl halides is 1. The van der Waals surface area contributed by atoms with Crippen LogP contribution in [-0.2, 0) is 10.3 Å². The molecule has 3 rings (SSSR count). The van der Waals surface area contributed by atoms with Crippen molar-refractivity contribution in [1.29, 1.82) is 0 Å². The summed E-state index contributed by atoms with van der Waals surface area (Å²) in [5, 5.41) is -0.203. The van der Waals surface area contributed by atoms with Gasteiger partial charge in [0, 0.05) is 12.7 Å². The highest BCUT2D eigenvalue weighted by atomic mass is 35.5. The first-order valence-corrected chi connectivity index (χ1v) is 7.33. The zero-order valence-corrected chi connectivity index (χ0v) is 12.8.